The van der Waals surface area contributed by atoms with Gasteiger partial charge in [-0.3, -0.25) is 9.59 Å². The summed E-state index contributed by atoms with van der Waals surface area (Å²) in [6.45, 7) is 27.7. The van der Waals surface area contributed by atoms with E-state index in [0.29, 0.717) is 28.1 Å². The number of nitrogens with zero attached hydrogens (tertiary/aromatic N) is 8. The van der Waals surface area contributed by atoms with Crippen LogP contribution in [0.25, 0.3) is 34.9 Å². The molecule has 0 saturated carbocycles. The summed E-state index contributed by atoms with van der Waals surface area (Å²) in [5, 5.41) is 20.7. The van der Waals surface area contributed by atoms with Crippen molar-refractivity contribution >= 4 is 99.9 Å². The fourth-order valence-electron chi connectivity index (χ4n) is 6.49. The molecule has 2 saturated heterocycles. The number of thioether (sulfide) groups is 2. The van der Waals surface area contributed by atoms with Gasteiger partial charge in [0.2, 0.25) is 0 Å². The molecule has 0 radical (unpaired) electrons. The van der Waals surface area contributed by atoms with Gasteiger partial charge >= 0.3 is 0 Å². The van der Waals surface area contributed by atoms with E-state index in [1.54, 1.807) is 40.9 Å². The Balaban J connectivity index is 1.26. The zero-order valence-corrected chi connectivity index (χ0v) is 31.1. The minimum atomic E-state index is -0.495. The number of nitriles is 2. The number of fused-ring (bicyclic) bond motifs is 7. The van der Waals surface area contributed by atoms with Gasteiger partial charge < -0.3 is 9.80 Å². The number of hydrogen-bond donors (Lipinski definition) is 0. The molecule has 0 aromatic carbocycles. The Morgan fingerprint density at radius 2 is 1.37 bits per heavy atom. The first kappa shape index (κ1) is 33.0. The van der Waals surface area contributed by atoms with Crippen LogP contribution in [0.3, 0.4) is 0 Å². The van der Waals surface area contributed by atoms with Crippen molar-refractivity contribution in [2.45, 2.75) is 52.4 Å². The first-order chi connectivity index (χ1) is 23.4. The Labute approximate surface area is 303 Å². The second kappa shape index (κ2) is 11.6. The largest absolute Gasteiger partial charge is 0.309 e. The Bertz CT molecular complexity index is 2390. The van der Waals surface area contributed by atoms with Crippen LogP contribution in [0, 0.1) is 35.8 Å². The fraction of sp³-hybridized carbons (Fsp3) is 0.294. The SMILES string of the molecule is [C-]#[N+]/C(C#N)=C1\SC(=Nc2cc3c(s2)-c2sc4c5c(sc4c2C3(C)C)C=C(N=C2S/C(=C(\C#N)[N+]#[C-])N(CC)C2=O)C5(C)C)C(=O)N1CC. The molecule has 10 nitrogen and oxygen atoms in total. The lowest BCUT2D eigenvalue weighted by Gasteiger charge is -2.21. The molecule has 0 unspecified atom stereocenters. The van der Waals surface area contributed by atoms with E-state index in [4.69, 9.17) is 23.1 Å². The topological polar surface area (TPSA) is 122 Å². The molecule has 2 aliphatic carbocycles. The summed E-state index contributed by atoms with van der Waals surface area (Å²) in [6, 6.07) is 5.86. The number of thiophene rings is 3. The van der Waals surface area contributed by atoms with E-state index < -0.39 is 5.41 Å². The Morgan fingerprint density at radius 1 is 0.816 bits per heavy atom. The summed E-state index contributed by atoms with van der Waals surface area (Å²) in [4.78, 5) is 49.0. The highest BCUT2D eigenvalue weighted by Crippen LogP contribution is 2.63. The average molecular weight is 737 g/mol. The molecule has 4 aliphatic rings. The monoisotopic (exact) mass is 736 g/mol. The molecule has 242 valence electrons. The Morgan fingerprint density at radius 3 is 1.90 bits per heavy atom. The fourth-order valence-corrected chi connectivity index (χ4v) is 13.4. The van der Waals surface area contributed by atoms with E-state index in [-0.39, 0.29) is 38.7 Å². The molecule has 0 N–H and O–H groups in total. The van der Waals surface area contributed by atoms with Crippen molar-refractivity contribution in [3.05, 3.63) is 77.6 Å². The standard InChI is InChI=1S/C34H24N8O2S5/c1-9-41-29(43)27(48-31(41)16(13-35)37-7)39-19-12-18-21(34(19,5)6)24-26(45-18)22-25(47-24)23-15(33(22,3)4)11-20(46-23)40-28-30(44)42(10-2)32(49-28)17(14-36)38-8/h11-12H,9-10H2,1-6H3/b31-16+,32-17-,39-27?,40-28?. The van der Waals surface area contributed by atoms with Crippen LogP contribution >= 0.6 is 57.5 Å². The van der Waals surface area contributed by atoms with Crippen LogP contribution in [0.2, 0.25) is 0 Å². The quantitative estimate of drug-likeness (QED) is 0.195. The number of carbonyl (C=O) groups is 2. The summed E-state index contributed by atoms with van der Waals surface area (Å²) in [5.74, 6) is -0.611. The predicted octanol–water partition coefficient (Wildman–Crippen LogP) is 8.81. The zero-order valence-electron chi connectivity index (χ0n) is 27.0. The molecular weight excluding hydrogens is 713 g/mol. The summed E-state index contributed by atoms with van der Waals surface area (Å²) in [6.07, 6.45) is 2.06. The molecule has 49 heavy (non-hydrogen) atoms. The number of amides is 2. The molecule has 0 atom stereocenters. The minimum Gasteiger partial charge on any atom is -0.309 e. The summed E-state index contributed by atoms with van der Waals surface area (Å²) < 4.78 is 2.44. The minimum absolute atomic E-state index is 0.115. The van der Waals surface area contributed by atoms with Crippen LogP contribution in [-0.2, 0) is 20.4 Å². The second-order valence-electron chi connectivity index (χ2n) is 12.3. The van der Waals surface area contributed by atoms with Crippen LogP contribution < -0.4 is 0 Å². The molecule has 3 aromatic rings. The molecule has 2 amide bonds. The van der Waals surface area contributed by atoms with E-state index in [0.717, 1.165) is 44.5 Å². The Hall–Kier alpha value is -4.48. The smallest absolute Gasteiger partial charge is 0.291 e. The van der Waals surface area contributed by atoms with Crippen LogP contribution in [0.5, 0.6) is 0 Å². The molecule has 0 spiro atoms. The van der Waals surface area contributed by atoms with Gasteiger partial charge in [-0.15, -0.1) is 34.0 Å². The zero-order chi connectivity index (χ0) is 35.2. The average Bonchev–Trinajstić information content (AvgIpc) is 3.90. The van der Waals surface area contributed by atoms with Crippen LogP contribution in [0.1, 0.15) is 63.1 Å². The highest BCUT2D eigenvalue weighted by atomic mass is 32.2. The number of carbonyl (C=O) groups excluding carboxylic acids is 2. The van der Waals surface area contributed by atoms with Gasteiger partial charge in [-0.05, 0) is 42.7 Å². The molecule has 0 bridgehead atoms. The number of allylic oxidation sites excluding steroid dienone is 3. The van der Waals surface area contributed by atoms with Gasteiger partial charge in [0, 0.05) is 28.8 Å². The van der Waals surface area contributed by atoms with Crippen molar-refractivity contribution in [2.24, 2.45) is 9.98 Å². The van der Waals surface area contributed by atoms with Gasteiger partial charge in [0.25, 0.3) is 23.2 Å². The maximum atomic E-state index is 13.3. The van der Waals surface area contributed by atoms with Gasteiger partial charge in [-0.1, -0.05) is 51.2 Å². The molecule has 2 fully saturated rings. The van der Waals surface area contributed by atoms with E-state index >= 15 is 0 Å². The lowest BCUT2D eigenvalue weighted by molar-refractivity contribution is -0.121. The second-order valence-corrected chi connectivity index (χ2v) is 17.4. The first-order valence-corrected chi connectivity index (χ1v) is 19.1. The molecule has 2 aliphatic heterocycles. The molecular formula is C34H24N8O2S5. The highest BCUT2D eigenvalue weighted by Gasteiger charge is 2.46. The predicted molar refractivity (Wildman–Crippen MR) is 199 cm³/mol. The van der Waals surface area contributed by atoms with Gasteiger partial charge in [0.1, 0.15) is 15.1 Å². The molecule has 3 aromatic heterocycles. The van der Waals surface area contributed by atoms with Crippen molar-refractivity contribution in [3.8, 4) is 21.9 Å². The van der Waals surface area contributed by atoms with Crippen LogP contribution in [0.4, 0.5) is 5.00 Å². The van der Waals surface area contributed by atoms with Gasteiger partial charge in [-0.25, -0.2) is 30.2 Å². The summed E-state index contributed by atoms with van der Waals surface area (Å²) in [7, 11) is 0. The first-order valence-electron chi connectivity index (χ1n) is 15.0. The summed E-state index contributed by atoms with van der Waals surface area (Å²) >= 11 is 7.19. The third-order valence-electron chi connectivity index (χ3n) is 8.95. The highest BCUT2D eigenvalue weighted by molar-refractivity contribution is 8.20. The van der Waals surface area contributed by atoms with Crippen molar-refractivity contribution in [1.82, 2.24) is 9.80 Å². The Kier molecular flexibility index (Phi) is 7.79. The van der Waals surface area contributed by atoms with Crippen molar-refractivity contribution in [1.29, 1.82) is 10.5 Å². The molecule has 15 heteroatoms. The van der Waals surface area contributed by atoms with Crippen LogP contribution in [0.15, 0.2) is 43.2 Å². The van der Waals surface area contributed by atoms with Gasteiger partial charge in [0.15, 0.2) is 10.1 Å². The van der Waals surface area contributed by atoms with Crippen molar-refractivity contribution < 1.29 is 9.59 Å². The number of hydrogen-bond acceptors (Lipinski definition) is 11. The summed E-state index contributed by atoms with van der Waals surface area (Å²) in [5.41, 5.74) is 3.35. The lowest BCUT2D eigenvalue weighted by atomic mass is 9.82. The number of aliphatic imine (C=N–C) groups is 2. The normalized spacial score (nSPS) is 22.2. The van der Waals surface area contributed by atoms with E-state index in [1.807, 2.05) is 19.1 Å². The maximum Gasteiger partial charge on any atom is 0.291 e. The van der Waals surface area contributed by atoms with Gasteiger partial charge in [0.05, 0.1) is 50.1 Å². The third kappa shape index (κ3) is 4.61. The van der Waals surface area contributed by atoms with Crippen LogP contribution in [-0.4, -0.2) is 44.8 Å². The van der Waals surface area contributed by atoms with E-state index in [2.05, 4.69) is 49.5 Å². The number of rotatable bonds is 4. The third-order valence-corrected chi connectivity index (χ3v) is 14.8. The molecule has 5 heterocycles. The van der Waals surface area contributed by atoms with E-state index in [9.17, 15) is 20.1 Å². The molecule has 7 rings (SSSR count). The lowest BCUT2D eigenvalue weighted by Crippen LogP contribution is -2.27. The van der Waals surface area contributed by atoms with Crippen molar-refractivity contribution in [3.63, 3.8) is 0 Å². The maximum absolute atomic E-state index is 13.3. The van der Waals surface area contributed by atoms with Gasteiger partial charge in [-0.2, -0.15) is 0 Å². The van der Waals surface area contributed by atoms with E-state index in [1.165, 1.54) is 35.2 Å². The van der Waals surface area contributed by atoms with Crippen molar-refractivity contribution in [2.75, 3.05) is 13.1 Å².